The zero-order valence-corrected chi connectivity index (χ0v) is 16.4. The maximum absolute atomic E-state index is 12.5. The summed E-state index contributed by atoms with van der Waals surface area (Å²) in [6.07, 6.45) is 3.25. The van der Waals surface area contributed by atoms with Crippen LogP contribution in [0, 0.1) is 5.92 Å². The first-order valence-corrected chi connectivity index (χ1v) is 10.6. The van der Waals surface area contributed by atoms with Crippen LogP contribution in [0.25, 0.3) is 0 Å². The molecule has 140 valence electrons. The summed E-state index contributed by atoms with van der Waals surface area (Å²) in [5, 5.41) is 3.17. The number of sulfonamides is 1. The van der Waals surface area contributed by atoms with Gasteiger partial charge in [0.1, 0.15) is 11.8 Å². The topological polar surface area (TPSA) is 75.7 Å². The van der Waals surface area contributed by atoms with Crippen molar-refractivity contribution in [3.63, 3.8) is 0 Å². The highest BCUT2D eigenvalue weighted by Crippen LogP contribution is 2.29. The predicted octanol–water partition coefficient (Wildman–Crippen LogP) is 3.13. The van der Waals surface area contributed by atoms with Gasteiger partial charge in [0.15, 0.2) is 0 Å². The van der Waals surface area contributed by atoms with Crippen molar-refractivity contribution < 1.29 is 17.9 Å². The third-order valence-corrected chi connectivity index (χ3v) is 5.54. The van der Waals surface area contributed by atoms with Gasteiger partial charge in [-0.25, -0.2) is 8.42 Å². The van der Waals surface area contributed by atoms with E-state index in [0.717, 1.165) is 19.1 Å². The summed E-state index contributed by atoms with van der Waals surface area (Å²) in [4.78, 5) is 12.5. The third kappa shape index (κ3) is 5.59. The highest BCUT2D eigenvalue weighted by molar-refractivity contribution is 7.88. The second-order valence-corrected chi connectivity index (χ2v) is 9.07. The molecule has 1 aromatic carbocycles. The van der Waals surface area contributed by atoms with E-state index in [0.29, 0.717) is 41.9 Å². The Morgan fingerprint density at radius 3 is 2.72 bits per heavy atom. The minimum atomic E-state index is -3.42. The van der Waals surface area contributed by atoms with Crippen molar-refractivity contribution >= 4 is 33.2 Å². The van der Waals surface area contributed by atoms with Crippen LogP contribution in [-0.4, -0.2) is 44.1 Å². The molecule has 1 aliphatic rings. The van der Waals surface area contributed by atoms with Crippen LogP contribution in [0.4, 0.5) is 5.69 Å². The van der Waals surface area contributed by atoms with E-state index in [1.807, 2.05) is 13.8 Å². The van der Waals surface area contributed by atoms with E-state index in [1.54, 1.807) is 18.2 Å². The molecule has 2 rings (SSSR count). The number of amides is 1. The van der Waals surface area contributed by atoms with Crippen molar-refractivity contribution in [2.24, 2.45) is 5.92 Å². The van der Waals surface area contributed by atoms with E-state index in [1.165, 1.54) is 4.31 Å². The first-order valence-electron chi connectivity index (χ1n) is 8.38. The summed E-state index contributed by atoms with van der Waals surface area (Å²) in [6.45, 7) is 5.01. The molecule has 0 saturated carbocycles. The Morgan fingerprint density at radius 1 is 1.40 bits per heavy atom. The van der Waals surface area contributed by atoms with E-state index < -0.39 is 16.1 Å². The van der Waals surface area contributed by atoms with Gasteiger partial charge in [-0.2, -0.15) is 4.31 Å². The van der Waals surface area contributed by atoms with Gasteiger partial charge in [-0.3, -0.25) is 4.79 Å². The maximum atomic E-state index is 12.5. The quantitative estimate of drug-likeness (QED) is 0.812. The normalized spacial score (nSPS) is 19.0. The van der Waals surface area contributed by atoms with Crippen molar-refractivity contribution in [2.45, 2.75) is 39.2 Å². The minimum absolute atomic E-state index is 0.336. The summed E-state index contributed by atoms with van der Waals surface area (Å²) >= 11 is 6.20. The molecule has 1 saturated heterocycles. The van der Waals surface area contributed by atoms with Gasteiger partial charge in [-0.15, -0.1) is 0 Å². The van der Waals surface area contributed by atoms with Gasteiger partial charge in [-0.05, 0) is 37.0 Å². The van der Waals surface area contributed by atoms with E-state index >= 15 is 0 Å². The van der Waals surface area contributed by atoms with E-state index in [2.05, 4.69) is 5.32 Å². The van der Waals surface area contributed by atoms with Gasteiger partial charge in [0.2, 0.25) is 15.9 Å². The molecule has 1 heterocycles. The zero-order chi connectivity index (χ0) is 18.6. The van der Waals surface area contributed by atoms with Crippen LogP contribution in [0.1, 0.15) is 33.1 Å². The molecule has 1 N–H and O–H groups in total. The fourth-order valence-corrected chi connectivity index (χ4v) is 4.10. The highest BCUT2D eigenvalue weighted by Gasteiger charge is 2.34. The molecule has 6 nitrogen and oxygen atoms in total. The number of piperidine rings is 1. The van der Waals surface area contributed by atoms with Crippen LogP contribution in [-0.2, 0) is 14.8 Å². The standard InChI is InChI=1S/C17H25ClN2O4S/c1-12(2)11-24-16-8-7-13(10-14(16)18)19-17(21)15-6-4-5-9-20(15)25(3,22)23/h7-8,10,12,15H,4-6,9,11H2,1-3H3,(H,19,21). The molecule has 1 atom stereocenters. The molecule has 0 aliphatic carbocycles. The van der Waals surface area contributed by atoms with Crippen molar-refractivity contribution in [2.75, 3.05) is 24.7 Å². The second-order valence-electron chi connectivity index (χ2n) is 6.72. The SMILES string of the molecule is CC(C)COc1ccc(NC(=O)C2CCCCN2S(C)(=O)=O)cc1Cl. The van der Waals surface area contributed by atoms with Crippen molar-refractivity contribution in [1.82, 2.24) is 4.31 Å². The minimum Gasteiger partial charge on any atom is -0.492 e. The molecule has 1 aromatic rings. The van der Waals surface area contributed by atoms with Crippen molar-refractivity contribution in [3.05, 3.63) is 23.2 Å². The lowest BCUT2D eigenvalue weighted by atomic mass is 10.0. The summed E-state index contributed by atoms with van der Waals surface area (Å²) in [7, 11) is -3.42. The molecular weight excluding hydrogens is 364 g/mol. The molecule has 25 heavy (non-hydrogen) atoms. The Labute approximate surface area is 154 Å². The zero-order valence-electron chi connectivity index (χ0n) is 14.8. The number of nitrogens with zero attached hydrogens (tertiary/aromatic N) is 1. The number of carbonyl (C=O) groups is 1. The number of ether oxygens (including phenoxy) is 1. The van der Waals surface area contributed by atoms with E-state index in [9.17, 15) is 13.2 Å². The monoisotopic (exact) mass is 388 g/mol. The molecule has 0 bridgehead atoms. The molecule has 0 spiro atoms. The Kier molecular flexibility index (Phi) is 6.71. The molecule has 1 amide bonds. The van der Waals surface area contributed by atoms with Gasteiger partial charge < -0.3 is 10.1 Å². The Bertz CT molecular complexity index is 721. The smallest absolute Gasteiger partial charge is 0.242 e. The summed E-state index contributed by atoms with van der Waals surface area (Å²) in [6, 6.07) is 4.34. The molecular formula is C17H25ClN2O4S. The van der Waals surface area contributed by atoms with Gasteiger partial charge in [0.25, 0.3) is 0 Å². The summed E-state index contributed by atoms with van der Waals surface area (Å²) in [5.41, 5.74) is 0.519. The molecule has 8 heteroatoms. The first-order chi connectivity index (χ1) is 11.7. The van der Waals surface area contributed by atoms with Crippen LogP contribution in [0.5, 0.6) is 5.75 Å². The van der Waals surface area contributed by atoms with Gasteiger partial charge in [0, 0.05) is 12.2 Å². The third-order valence-electron chi connectivity index (χ3n) is 3.95. The number of carbonyl (C=O) groups excluding carboxylic acids is 1. The second kappa shape index (κ2) is 8.38. The van der Waals surface area contributed by atoms with Crippen LogP contribution >= 0.6 is 11.6 Å². The lowest BCUT2D eigenvalue weighted by molar-refractivity contribution is -0.120. The van der Waals surface area contributed by atoms with Crippen LogP contribution in [0.2, 0.25) is 5.02 Å². The largest absolute Gasteiger partial charge is 0.492 e. The fraction of sp³-hybridized carbons (Fsp3) is 0.588. The van der Waals surface area contributed by atoms with Crippen LogP contribution in [0.15, 0.2) is 18.2 Å². The summed E-state index contributed by atoms with van der Waals surface area (Å²) < 4.78 is 30.7. The number of rotatable bonds is 6. The van der Waals surface area contributed by atoms with Crippen molar-refractivity contribution in [1.29, 1.82) is 0 Å². The molecule has 0 radical (unpaired) electrons. The highest BCUT2D eigenvalue weighted by atomic mass is 35.5. The molecule has 1 unspecified atom stereocenters. The van der Waals surface area contributed by atoms with E-state index in [4.69, 9.17) is 16.3 Å². The van der Waals surface area contributed by atoms with Crippen LogP contribution < -0.4 is 10.1 Å². The van der Waals surface area contributed by atoms with Gasteiger partial charge >= 0.3 is 0 Å². The number of hydrogen-bond donors (Lipinski definition) is 1. The number of nitrogens with one attached hydrogen (secondary N) is 1. The average molecular weight is 389 g/mol. The number of hydrogen-bond acceptors (Lipinski definition) is 4. The molecule has 1 aliphatic heterocycles. The van der Waals surface area contributed by atoms with E-state index in [-0.39, 0.29) is 5.91 Å². The number of benzene rings is 1. The Hall–Kier alpha value is -1.31. The molecule has 0 aromatic heterocycles. The Balaban J connectivity index is 2.08. The first kappa shape index (κ1) is 20.0. The predicted molar refractivity (Wildman–Crippen MR) is 99.6 cm³/mol. The average Bonchev–Trinajstić information content (AvgIpc) is 2.53. The van der Waals surface area contributed by atoms with Crippen LogP contribution in [0.3, 0.4) is 0 Å². The lowest BCUT2D eigenvalue weighted by Crippen LogP contribution is -2.49. The maximum Gasteiger partial charge on any atom is 0.242 e. The lowest BCUT2D eigenvalue weighted by Gasteiger charge is -2.32. The fourth-order valence-electron chi connectivity index (χ4n) is 2.74. The van der Waals surface area contributed by atoms with Crippen molar-refractivity contribution in [3.8, 4) is 5.75 Å². The van der Waals surface area contributed by atoms with Gasteiger partial charge in [0.05, 0.1) is 17.9 Å². The van der Waals surface area contributed by atoms with Gasteiger partial charge in [-0.1, -0.05) is 31.9 Å². The molecule has 1 fully saturated rings. The summed E-state index contributed by atoms with van der Waals surface area (Å²) in [5.74, 6) is 0.601. The number of halogens is 1. The number of anilines is 1. The Morgan fingerprint density at radius 2 is 2.12 bits per heavy atom.